The average molecular weight is 381 g/mol. The summed E-state index contributed by atoms with van der Waals surface area (Å²) in [4.78, 5) is 0. The maximum absolute atomic E-state index is 5.80. The Balaban J connectivity index is 0.00000111. The molecule has 0 N–H and O–H groups in total. The van der Waals surface area contributed by atoms with Gasteiger partial charge < -0.3 is 9.47 Å². The van der Waals surface area contributed by atoms with E-state index in [1.165, 1.54) is 11.1 Å². The molecule has 0 amide bonds. The van der Waals surface area contributed by atoms with E-state index in [2.05, 4.69) is 13.8 Å². The zero-order valence-electron chi connectivity index (χ0n) is 18.7. The minimum atomic E-state index is 0.792. The fourth-order valence-corrected chi connectivity index (χ4v) is 2.06. The molecule has 0 aliphatic heterocycles. The summed E-state index contributed by atoms with van der Waals surface area (Å²) in [5, 5.41) is 0. The van der Waals surface area contributed by atoms with Crippen LogP contribution in [-0.4, -0.2) is 0 Å². The first-order valence-electron chi connectivity index (χ1n) is 10.3. The van der Waals surface area contributed by atoms with Gasteiger partial charge in [-0.1, -0.05) is 76.9 Å². The Hall–Kier alpha value is -2.74. The summed E-state index contributed by atoms with van der Waals surface area (Å²) >= 11 is 0. The molecule has 0 saturated heterocycles. The van der Waals surface area contributed by atoms with E-state index >= 15 is 0 Å². The SMILES string of the molecule is CC.CC.CC.Cc1ccc(Oc2ccc(Oc3ccc(C)cc3)cc2)cc1. The van der Waals surface area contributed by atoms with Gasteiger partial charge in [0, 0.05) is 0 Å². The second-order valence-corrected chi connectivity index (χ2v) is 5.30. The first-order chi connectivity index (χ1) is 13.7. The molecule has 0 unspecified atom stereocenters. The van der Waals surface area contributed by atoms with Gasteiger partial charge in [0.05, 0.1) is 0 Å². The maximum atomic E-state index is 5.80. The summed E-state index contributed by atoms with van der Waals surface area (Å²) in [6.07, 6.45) is 0. The Morgan fingerprint density at radius 3 is 0.750 bits per heavy atom. The van der Waals surface area contributed by atoms with Crippen LogP contribution in [0.4, 0.5) is 0 Å². The second-order valence-electron chi connectivity index (χ2n) is 5.30. The third kappa shape index (κ3) is 9.27. The van der Waals surface area contributed by atoms with E-state index in [1.807, 2.05) is 114 Å². The van der Waals surface area contributed by atoms with Crippen molar-refractivity contribution in [1.82, 2.24) is 0 Å². The molecule has 0 spiro atoms. The highest BCUT2D eigenvalue weighted by Gasteiger charge is 2.00. The van der Waals surface area contributed by atoms with Crippen molar-refractivity contribution in [3.8, 4) is 23.0 Å². The van der Waals surface area contributed by atoms with E-state index in [-0.39, 0.29) is 0 Å². The standard InChI is InChI=1S/C20H18O2.3C2H6/c1-15-3-7-17(8-4-15)21-19-11-13-20(14-12-19)22-18-9-5-16(2)6-10-18;3*1-2/h3-14H,1-2H3;3*1-2H3. The molecule has 28 heavy (non-hydrogen) atoms. The highest BCUT2D eigenvalue weighted by Crippen LogP contribution is 2.27. The summed E-state index contributed by atoms with van der Waals surface area (Å²) in [7, 11) is 0. The van der Waals surface area contributed by atoms with Crippen molar-refractivity contribution >= 4 is 0 Å². The lowest BCUT2D eigenvalue weighted by Gasteiger charge is -2.08. The smallest absolute Gasteiger partial charge is 0.127 e. The van der Waals surface area contributed by atoms with Crippen LogP contribution in [0.1, 0.15) is 52.7 Å². The molecule has 0 aliphatic carbocycles. The first kappa shape index (κ1) is 25.3. The molecule has 2 heteroatoms. The number of benzene rings is 3. The highest BCUT2D eigenvalue weighted by molar-refractivity contribution is 5.38. The van der Waals surface area contributed by atoms with Crippen LogP contribution in [-0.2, 0) is 0 Å². The summed E-state index contributed by atoms with van der Waals surface area (Å²) in [6.45, 7) is 16.1. The first-order valence-corrected chi connectivity index (χ1v) is 10.3. The normalized spacial score (nSPS) is 8.71. The quantitative estimate of drug-likeness (QED) is 0.449. The third-order valence-electron chi connectivity index (χ3n) is 3.34. The molecular formula is C26H36O2. The van der Waals surface area contributed by atoms with Crippen molar-refractivity contribution in [2.75, 3.05) is 0 Å². The zero-order chi connectivity index (χ0) is 21.4. The third-order valence-corrected chi connectivity index (χ3v) is 3.34. The largest absolute Gasteiger partial charge is 0.457 e. The fraction of sp³-hybridized carbons (Fsp3) is 0.308. The predicted molar refractivity (Wildman–Crippen MR) is 123 cm³/mol. The monoisotopic (exact) mass is 380 g/mol. The number of aryl methyl sites for hydroxylation is 2. The van der Waals surface area contributed by atoms with Crippen LogP contribution >= 0.6 is 0 Å². The summed E-state index contributed by atoms with van der Waals surface area (Å²) in [5.74, 6) is 3.25. The number of hydrogen-bond acceptors (Lipinski definition) is 2. The van der Waals surface area contributed by atoms with E-state index in [0.29, 0.717) is 0 Å². The van der Waals surface area contributed by atoms with E-state index in [1.54, 1.807) is 0 Å². The summed E-state index contributed by atoms with van der Waals surface area (Å²) in [5.41, 5.74) is 2.43. The Morgan fingerprint density at radius 1 is 0.357 bits per heavy atom. The van der Waals surface area contributed by atoms with Crippen LogP contribution in [0.5, 0.6) is 23.0 Å². The van der Waals surface area contributed by atoms with Crippen molar-refractivity contribution in [3.05, 3.63) is 83.9 Å². The van der Waals surface area contributed by atoms with Crippen LogP contribution in [0, 0.1) is 13.8 Å². The van der Waals surface area contributed by atoms with Gasteiger partial charge in [-0.2, -0.15) is 0 Å². The Bertz CT molecular complexity index is 660. The van der Waals surface area contributed by atoms with Gasteiger partial charge in [-0.05, 0) is 62.4 Å². The molecule has 0 radical (unpaired) electrons. The second kappa shape index (κ2) is 15.3. The molecule has 0 aromatic heterocycles. The van der Waals surface area contributed by atoms with Gasteiger partial charge in [-0.15, -0.1) is 0 Å². The Kier molecular flexibility index (Phi) is 13.8. The molecule has 3 aromatic rings. The lowest BCUT2D eigenvalue weighted by Crippen LogP contribution is -1.86. The lowest BCUT2D eigenvalue weighted by molar-refractivity contribution is 0.469. The van der Waals surface area contributed by atoms with Crippen molar-refractivity contribution in [1.29, 1.82) is 0 Å². The van der Waals surface area contributed by atoms with Gasteiger partial charge in [0.15, 0.2) is 0 Å². The number of hydrogen-bond donors (Lipinski definition) is 0. The van der Waals surface area contributed by atoms with Crippen LogP contribution in [0.3, 0.4) is 0 Å². The van der Waals surface area contributed by atoms with Crippen molar-refractivity contribution in [3.63, 3.8) is 0 Å². The molecule has 3 rings (SSSR count). The molecule has 152 valence electrons. The van der Waals surface area contributed by atoms with Crippen molar-refractivity contribution in [2.24, 2.45) is 0 Å². The topological polar surface area (TPSA) is 18.5 Å². The molecular weight excluding hydrogens is 344 g/mol. The Morgan fingerprint density at radius 2 is 0.536 bits per heavy atom. The number of rotatable bonds is 4. The number of ether oxygens (including phenoxy) is 2. The minimum absolute atomic E-state index is 0.792. The highest BCUT2D eigenvalue weighted by atomic mass is 16.5. The van der Waals surface area contributed by atoms with E-state index in [9.17, 15) is 0 Å². The predicted octanol–water partition coefficient (Wildman–Crippen LogP) is 8.97. The van der Waals surface area contributed by atoms with Crippen LogP contribution in [0.2, 0.25) is 0 Å². The molecule has 0 heterocycles. The van der Waals surface area contributed by atoms with Gasteiger partial charge in [0.1, 0.15) is 23.0 Å². The Labute approximate surface area is 172 Å². The van der Waals surface area contributed by atoms with Crippen molar-refractivity contribution in [2.45, 2.75) is 55.4 Å². The van der Waals surface area contributed by atoms with E-state index in [0.717, 1.165) is 23.0 Å². The summed E-state index contributed by atoms with van der Waals surface area (Å²) in [6, 6.07) is 23.6. The molecule has 0 saturated carbocycles. The molecule has 0 fully saturated rings. The van der Waals surface area contributed by atoms with E-state index < -0.39 is 0 Å². The van der Waals surface area contributed by atoms with Gasteiger partial charge in [0.2, 0.25) is 0 Å². The van der Waals surface area contributed by atoms with Crippen LogP contribution in [0.25, 0.3) is 0 Å². The minimum Gasteiger partial charge on any atom is -0.457 e. The van der Waals surface area contributed by atoms with Gasteiger partial charge in [-0.3, -0.25) is 0 Å². The average Bonchev–Trinajstić information content (AvgIpc) is 2.77. The zero-order valence-corrected chi connectivity index (χ0v) is 18.7. The maximum Gasteiger partial charge on any atom is 0.127 e. The van der Waals surface area contributed by atoms with Gasteiger partial charge >= 0.3 is 0 Å². The lowest BCUT2D eigenvalue weighted by atomic mass is 10.2. The van der Waals surface area contributed by atoms with Gasteiger partial charge in [-0.25, -0.2) is 0 Å². The molecule has 0 aliphatic rings. The van der Waals surface area contributed by atoms with Gasteiger partial charge in [0.25, 0.3) is 0 Å². The molecule has 2 nitrogen and oxygen atoms in total. The molecule has 3 aromatic carbocycles. The van der Waals surface area contributed by atoms with Crippen LogP contribution in [0.15, 0.2) is 72.8 Å². The fourth-order valence-electron chi connectivity index (χ4n) is 2.06. The van der Waals surface area contributed by atoms with Crippen molar-refractivity contribution < 1.29 is 9.47 Å². The van der Waals surface area contributed by atoms with Crippen LogP contribution < -0.4 is 9.47 Å². The van der Waals surface area contributed by atoms with E-state index in [4.69, 9.17) is 9.47 Å². The molecule has 0 bridgehead atoms. The summed E-state index contributed by atoms with van der Waals surface area (Å²) < 4.78 is 11.6. The molecule has 0 atom stereocenters.